The highest BCUT2D eigenvalue weighted by Gasteiger charge is 2.34. The van der Waals surface area contributed by atoms with Gasteiger partial charge in [-0.05, 0) is 78.4 Å². The summed E-state index contributed by atoms with van der Waals surface area (Å²) in [5.74, 6) is -0.490. The van der Waals surface area contributed by atoms with Gasteiger partial charge in [0.25, 0.3) is 0 Å². The molecule has 8 nitrogen and oxygen atoms in total. The van der Waals surface area contributed by atoms with Gasteiger partial charge in [-0.15, -0.1) is 0 Å². The van der Waals surface area contributed by atoms with Gasteiger partial charge in [-0.1, -0.05) is 43.5 Å². The number of allylic oxidation sites excluding steroid dienone is 1. The van der Waals surface area contributed by atoms with Crippen LogP contribution in [0.3, 0.4) is 0 Å². The Labute approximate surface area is 273 Å². The van der Waals surface area contributed by atoms with E-state index in [4.69, 9.17) is 14.5 Å². The van der Waals surface area contributed by atoms with Crippen LogP contribution >= 0.6 is 0 Å². The van der Waals surface area contributed by atoms with Crippen molar-refractivity contribution in [2.45, 2.75) is 38.1 Å². The number of fused-ring (bicyclic) bond motifs is 2. The lowest BCUT2D eigenvalue weighted by molar-refractivity contribution is -0.133. The van der Waals surface area contributed by atoms with Gasteiger partial charge in [0.1, 0.15) is 11.6 Å². The number of rotatable bonds is 7. The second-order valence-electron chi connectivity index (χ2n) is 12.6. The van der Waals surface area contributed by atoms with Crippen LogP contribution in [-0.2, 0) is 9.53 Å². The highest BCUT2D eigenvalue weighted by molar-refractivity contribution is 5.94. The van der Waals surface area contributed by atoms with Crippen molar-refractivity contribution in [3.8, 4) is 17.0 Å². The number of ether oxygens (including phenoxy) is 2. The molecule has 1 N–H and O–H groups in total. The zero-order valence-corrected chi connectivity index (χ0v) is 26.5. The van der Waals surface area contributed by atoms with Gasteiger partial charge in [0.05, 0.1) is 49.7 Å². The van der Waals surface area contributed by atoms with Crippen LogP contribution in [0.4, 0.5) is 10.1 Å². The number of aromatic carboxylic acids is 1. The predicted molar refractivity (Wildman–Crippen MR) is 179 cm³/mol. The van der Waals surface area contributed by atoms with Crippen LogP contribution in [0, 0.1) is 11.7 Å². The van der Waals surface area contributed by atoms with Gasteiger partial charge in [0.15, 0.2) is 0 Å². The number of hydrogen-bond acceptors (Lipinski definition) is 6. The van der Waals surface area contributed by atoms with E-state index in [-0.39, 0.29) is 29.9 Å². The zero-order valence-electron chi connectivity index (χ0n) is 26.5. The second-order valence-corrected chi connectivity index (χ2v) is 12.6. The molecular weight excluding hydrogens is 597 g/mol. The summed E-state index contributed by atoms with van der Waals surface area (Å²) in [6, 6.07) is 19.4. The molecular formula is C38H38FN3O5. The van der Waals surface area contributed by atoms with Crippen LogP contribution in [0.15, 0.2) is 72.8 Å². The third kappa shape index (κ3) is 6.20. The molecule has 1 aromatic heterocycles. The molecule has 0 radical (unpaired) electrons. The molecule has 3 heterocycles. The average Bonchev–Trinajstić information content (AvgIpc) is 3.12. The molecule has 7 rings (SSSR count). The molecule has 242 valence electrons. The number of methoxy groups -OCH3 is 1. The van der Waals surface area contributed by atoms with Crippen molar-refractivity contribution in [2.75, 3.05) is 44.9 Å². The number of morpholine rings is 1. The molecule has 3 aromatic carbocycles. The number of carbonyl (C=O) groups is 2. The second kappa shape index (κ2) is 13.2. The number of benzene rings is 3. The van der Waals surface area contributed by atoms with Gasteiger partial charge < -0.3 is 24.4 Å². The van der Waals surface area contributed by atoms with E-state index in [2.05, 4.69) is 17.0 Å². The minimum Gasteiger partial charge on any atom is -0.497 e. The molecule has 3 aliphatic rings. The maximum atomic E-state index is 14.8. The fourth-order valence-electron chi connectivity index (χ4n) is 7.24. The number of carboxylic acid groups (broad SMARTS) is 1. The number of aromatic nitrogens is 1. The number of carboxylic acids is 1. The molecule has 1 unspecified atom stereocenters. The van der Waals surface area contributed by atoms with Crippen LogP contribution in [0.1, 0.15) is 59.6 Å². The van der Waals surface area contributed by atoms with E-state index in [1.54, 1.807) is 31.4 Å². The van der Waals surface area contributed by atoms with Crippen molar-refractivity contribution < 1.29 is 28.6 Å². The smallest absolute Gasteiger partial charge is 0.335 e. The lowest BCUT2D eigenvalue weighted by atomic mass is 9.77. The van der Waals surface area contributed by atoms with Gasteiger partial charge in [0.2, 0.25) is 5.91 Å². The average molecular weight is 636 g/mol. The van der Waals surface area contributed by atoms with E-state index < -0.39 is 5.97 Å². The summed E-state index contributed by atoms with van der Waals surface area (Å²) in [6.07, 6.45) is 7.99. The standard InChI is InChI=1S/C38H38FN3O5/c1-46-28-10-12-32(39)31(21-28)34-14-8-25-19-26(9-13-33(25)40-34)35-22-30(24-5-3-2-4-6-24)29-11-7-27(38(44)45)20-36(29)42(35)23-37(43)41-15-17-47-18-16-41/h7-14,19-22,24,35H,2-6,15-18,23H2,1H3,(H,44,45). The summed E-state index contributed by atoms with van der Waals surface area (Å²) in [7, 11) is 1.55. The maximum absolute atomic E-state index is 14.8. The predicted octanol–water partition coefficient (Wildman–Crippen LogP) is 7.13. The van der Waals surface area contributed by atoms with Crippen molar-refractivity contribution in [1.29, 1.82) is 0 Å². The van der Waals surface area contributed by atoms with Crippen molar-refractivity contribution in [2.24, 2.45) is 5.92 Å². The molecule has 9 heteroatoms. The summed E-state index contributed by atoms with van der Waals surface area (Å²) in [5.41, 5.74) is 5.73. The Morgan fingerprint density at radius 3 is 2.53 bits per heavy atom. The lowest BCUT2D eigenvalue weighted by Crippen LogP contribution is -2.47. The van der Waals surface area contributed by atoms with Gasteiger partial charge in [-0.3, -0.25) is 4.79 Å². The van der Waals surface area contributed by atoms with Crippen LogP contribution < -0.4 is 9.64 Å². The fraction of sp³-hybridized carbons (Fsp3) is 0.342. The molecule has 1 saturated heterocycles. The normalized spacial score (nSPS) is 18.5. The monoisotopic (exact) mass is 635 g/mol. The molecule has 4 aromatic rings. The highest BCUT2D eigenvalue weighted by atomic mass is 19.1. The number of hydrogen-bond donors (Lipinski definition) is 1. The molecule has 0 bridgehead atoms. The first kappa shape index (κ1) is 30.9. The Morgan fingerprint density at radius 1 is 0.957 bits per heavy atom. The number of carbonyl (C=O) groups excluding carboxylic acids is 1. The fourth-order valence-corrected chi connectivity index (χ4v) is 7.24. The van der Waals surface area contributed by atoms with Crippen molar-refractivity contribution >= 4 is 34.0 Å². The van der Waals surface area contributed by atoms with E-state index in [0.717, 1.165) is 47.9 Å². The van der Waals surface area contributed by atoms with E-state index in [1.807, 2.05) is 35.2 Å². The number of amides is 1. The molecule has 1 aliphatic carbocycles. The SMILES string of the molecule is COc1ccc(F)c(-c2ccc3cc(C4C=C(C5CCCCC5)c5ccc(C(=O)O)cc5N4CC(=O)N4CCOCC4)ccc3n2)c1. The van der Waals surface area contributed by atoms with E-state index >= 15 is 0 Å². The summed E-state index contributed by atoms with van der Waals surface area (Å²) in [5, 5.41) is 10.8. The zero-order chi connectivity index (χ0) is 32.5. The van der Waals surface area contributed by atoms with Gasteiger partial charge in [-0.2, -0.15) is 0 Å². The molecule has 1 amide bonds. The Bertz CT molecular complexity index is 1860. The number of halogens is 1. The van der Waals surface area contributed by atoms with Crippen molar-refractivity contribution in [3.63, 3.8) is 0 Å². The molecule has 0 spiro atoms. The van der Waals surface area contributed by atoms with E-state index in [1.165, 1.54) is 18.1 Å². The first-order valence-electron chi connectivity index (χ1n) is 16.4. The number of anilines is 1. The van der Waals surface area contributed by atoms with Crippen LogP contribution in [0.2, 0.25) is 0 Å². The maximum Gasteiger partial charge on any atom is 0.335 e. The van der Waals surface area contributed by atoms with Gasteiger partial charge in [0, 0.05) is 35.3 Å². The quantitative estimate of drug-likeness (QED) is 0.231. The topological polar surface area (TPSA) is 92.2 Å². The van der Waals surface area contributed by atoms with E-state index in [0.29, 0.717) is 54.7 Å². The molecule has 1 atom stereocenters. The molecule has 47 heavy (non-hydrogen) atoms. The van der Waals surface area contributed by atoms with E-state index in [9.17, 15) is 19.1 Å². The molecule has 2 aliphatic heterocycles. The summed E-state index contributed by atoms with van der Waals surface area (Å²) < 4.78 is 25.6. The van der Waals surface area contributed by atoms with Crippen LogP contribution in [-0.4, -0.2) is 66.8 Å². The van der Waals surface area contributed by atoms with Gasteiger partial charge >= 0.3 is 5.97 Å². The summed E-state index contributed by atoms with van der Waals surface area (Å²) in [6.45, 7) is 2.15. The highest BCUT2D eigenvalue weighted by Crippen LogP contribution is 2.47. The third-order valence-electron chi connectivity index (χ3n) is 9.76. The largest absolute Gasteiger partial charge is 0.497 e. The summed E-state index contributed by atoms with van der Waals surface area (Å²) >= 11 is 0. The third-order valence-corrected chi connectivity index (χ3v) is 9.76. The minimum atomic E-state index is -1.00. The first-order valence-corrected chi connectivity index (χ1v) is 16.4. The molecule has 1 saturated carbocycles. The van der Waals surface area contributed by atoms with Crippen molar-refractivity contribution in [3.05, 3.63) is 95.3 Å². The number of nitrogens with zero attached hydrogens (tertiary/aromatic N) is 3. The van der Waals surface area contributed by atoms with Crippen LogP contribution in [0.5, 0.6) is 5.75 Å². The Morgan fingerprint density at radius 2 is 1.77 bits per heavy atom. The van der Waals surface area contributed by atoms with Crippen molar-refractivity contribution in [1.82, 2.24) is 9.88 Å². The Balaban J connectivity index is 1.32. The summed E-state index contributed by atoms with van der Waals surface area (Å²) in [4.78, 5) is 34.6. The van der Waals surface area contributed by atoms with Crippen LogP contribution in [0.25, 0.3) is 27.7 Å². The Hall–Kier alpha value is -4.76. The Kier molecular flexibility index (Phi) is 8.64. The lowest BCUT2D eigenvalue weighted by Gasteiger charge is -2.41. The first-order chi connectivity index (χ1) is 22.9. The number of pyridine rings is 1. The molecule has 2 fully saturated rings. The van der Waals surface area contributed by atoms with Gasteiger partial charge in [-0.25, -0.2) is 14.2 Å². The minimum absolute atomic E-state index is 0.0214.